The fourth-order valence-corrected chi connectivity index (χ4v) is 4.20. The first-order chi connectivity index (χ1) is 16.4. The van der Waals surface area contributed by atoms with Crippen molar-refractivity contribution in [2.75, 3.05) is 18.6 Å². The van der Waals surface area contributed by atoms with Gasteiger partial charge in [-0.15, -0.1) is 0 Å². The number of anilines is 1. The second kappa shape index (κ2) is 9.87. The van der Waals surface area contributed by atoms with Gasteiger partial charge in [-0.05, 0) is 66.6 Å². The second-order valence-corrected chi connectivity index (χ2v) is 8.67. The molecular weight excluding hydrogens is 422 g/mol. The van der Waals surface area contributed by atoms with Crippen molar-refractivity contribution in [3.8, 4) is 0 Å². The van der Waals surface area contributed by atoms with Crippen molar-refractivity contribution in [2.24, 2.45) is 10.2 Å². The number of nitrogens with zero attached hydrogens (tertiary/aromatic N) is 3. The summed E-state index contributed by atoms with van der Waals surface area (Å²) in [6.07, 6.45) is 6.38. The lowest BCUT2D eigenvalue weighted by atomic mass is 9.84. The zero-order valence-corrected chi connectivity index (χ0v) is 20.0. The summed E-state index contributed by atoms with van der Waals surface area (Å²) < 4.78 is 4.99. The average Bonchev–Trinajstić information content (AvgIpc) is 3.04. The maximum absolute atomic E-state index is 11.7. The number of rotatable bonds is 6. The van der Waals surface area contributed by atoms with Crippen LogP contribution in [0.25, 0.3) is 6.08 Å². The van der Waals surface area contributed by atoms with E-state index < -0.39 is 0 Å². The van der Waals surface area contributed by atoms with E-state index in [1.165, 1.54) is 16.9 Å². The number of carbonyl (C=O) groups excluding carboxylic acids is 1. The molecule has 0 aliphatic carbocycles. The van der Waals surface area contributed by atoms with Crippen LogP contribution in [0.2, 0.25) is 0 Å². The van der Waals surface area contributed by atoms with Crippen LogP contribution in [0.4, 0.5) is 17.1 Å². The Morgan fingerprint density at radius 2 is 1.56 bits per heavy atom. The molecule has 0 bridgehead atoms. The minimum absolute atomic E-state index is 0.0333. The Labute approximate surface area is 201 Å². The number of ether oxygens (including phenoxy) is 1. The van der Waals surface area contributed by atoms with Crippen LogP contribution in [0.3, 0.4) is 0 Å². The van der Waals surface area contributed by atoms with Gasteiger partial charge in [0.2, 0.25) is 0 Å². The molecule has 5 nitrogen and oxygen atoms in total. The standard InChI is InChI=1S/C29H29N3O2/c1-5-34-28(33)22-15-19-24(20-16-22)31-30-23-17-13-21(14-18-23)9-8-12-27-29(2,3)25-10-6-7-11-26(25)32(27)4/h6-20H,5H2,1-4H3/b9-8+,27-12-,31-30?. The van der Waals surface area contributed by atoms with Crippen LogP contribution in [0.1, 0.15) is 42.3 Å². The molecule has 0 spiro atoms. The van der Waals surface area contributed by atoms with Crippen LogP contribution < -0.4 is 4.90 Å². The molecule has 3 aromatic rings. The first-order valence-corrected chi connectivity index (χ1v) is 11.4. The molecular formula is C29H29N3O2. The number of hydrogen-bond donors (Lipinski definition) is 0. The van der Waals surface area contributed by atoms with Gasteiger partial charge < -0.3 is 9.64 Å². The van der Waals surface area contributed by atoms with Crippen molar-refractivity contribution in [2.45, 2.75) is 26.2 Å². The van der Waals surface area contributed by atoms with Gasteiger partial charge in [-0.2, -0.15) is 10.2 Å². The Bertz CT molecular complexity index is 1250. The van der Waals surface area contributed by atoms with Crippen molar-refractivity contribution < 1.29 is 9.53 Å². The third-order valence-electron chi connectivity index (χ3n) is 6.04. The predicted octanol–water partition coefficient (Wildman–Crippen LogP) is 7.60. The van der Waals surface area contributed by atoms with Crippen LogP contribution in [0.15, 0.2) is 101 Å². The summed E-state index contributed by atoms with van der Waals surface area (Å²) >= 11 is 0. The Morgan fingerprint density at radius 3 is 2.18 bits per heavy atom. The summed E-state index contributed by atoms with van der Waals surface area (Å²) in [5, 5.41) is 8.54. The van der Waals surface area contributed by atoms with Crippen LogP contribution in [-0.4, -0.2) is 19.6 Å². The van der Waals surface area contributed by atoms with Gasteiger partial charge >= 0.3 is 5.97 Å². The number of azo groups is 1. The maximum Gasteiger partial charge on any atom is 0.338 e. The van der Waals surface area contributed by atoms with E-state index in [0.717, 1.165) is 11.3 Å². The smallest absolute Gasteiger partial charge is 0.338 e. The molecule has 0 atom stereocenters. The third-order valence-corrected chi connectivity index (χ3v) is 6.04. The summed E-state index contributed by atoms with van der Waals surface area (Å²) in [4.78, 5) is 14.0. The van der Waals surface area contributed by atoms with Crippen LogP contribution in [0.5, 0.6) is 0 Å². The predicted molar refractivity (Wildman–Crippen MR) is 138 cm³/mol. The van der Waals surface area contributed by atoms with Crippen LogP contribution in [-0.2, 0) is 10.2 Å². The Hall–Kier alpha value is -3.99. The highest BCUT2D eigenvalue weighted by molar-refractivity contribution is 5.89. The number of benzene rings is 3. The third kappa shape index (κ3) is 4.84. The highest BCUT2D eigenvalue weighted by Gasteiger charge is 2.37. The summed E-state index contributed by atoms with van der Waals surface area (Å²) in [5.74, 6) is -0.335. The van der Waals surface area contributed by atoms with Gasteiger partial charge in [-0.1, -0.05) is 56.3 Å². The molecule has 0 aromatic heterocycles. The number of allylic oxidation sites excluding steroid dienone is 3. The summed E-state index contributed by atoms with van der Waals surface area (Å²) in [6.45, 7) is 6.66. The maximum atomic E-state index is 11.7. The lowest BCUT2D eigenvalue weighted by molar-refractivity contribution is 0.0526. The molecule has 3 aromatic carbocycles. The minimum Gasteiger partial charge on any atom is -0.462 e. The van der Waals surface area contributed by atoms with Crippen molar-refractivity contribution in [3.63, 3.8) is 0 Å². The molecule has 0 N–H and O–H groups in total. The lowest BCUT2D eigenvalue weighted by Gasteiger charge is -2.23. The highest BCUT2D eigenvalue weighted by Crippen LogP contribution is 2.46. The lowest BCUT2D eigenvalue weighted by Crippen LogP contribution is -2.22. The van der Waals surface area contributed by atoms with Gasteiger partial charge in [0.15, 0.2) is 0 Å². The molecule has 1 heterocycles. The van der Waals surface area contributed by atoms with Gasteiger partial charge in [-0.3, -0.25) is 0 Å². The molecule has 5 heteroatoms. The molecule has 4 rings (SSSR count). The monoisotopic (exact) mass is 451 g/mol. The number of hydrogen-bond acceptors (Lipinski definition) is 5. The fraction of sp³-hybridized carbons (Fsp3) is 0.207. The number of carbonyl (C=O) groups is 1. The normalized spacial score (nSPS) is 15.9. The molecule has 0 saturated carbocycles. The van der Waals surface area contributed by atoms with Crippen molar-refractivity contribution in [3.05, 3.63) is 107 Å². The number of esters is 1. The van der Waals surface area contributed by atoms with E-state index in [0.29, 0.717) is 17.9 Å². The summed E-state index contributed by atoms with van der Waals surface area (Å²) in [6, 6.07) is 23.4. The molecule has 1 aliphatic rings. The van der Waals surface area contributed by atoms with Crippen molar-refractivity contribution in [1.29, 1.82) is 0 Å². The van der Waals surface area contributed by atoms with E-state index in [9.17, 15) is 4.79 Å². The molecule has 34 heavy (non-hydrogen) atoms. The molecule has 0 saturated heterocycles. The van der Waals surface area contributed by atoms with Crippen molar-refractivity contribution in [1.82, 2.24) is 0 Å². The molecule has 0 amide bonds. The van der Waals surface area contributed by atoms with Crippen molar-refractivity contribution >= 4 is 29.1 Å². The molecule has 0 radical (unpaired) electrons. The van der Waals surface area contributed by atoms with E-state index in [4.69, 9.17) is 4.74 Å². The number of likely N-dealkylation sites (N-methyl/N-ethyl adjacent to an activating group) is 1. The molecule has 0 unspecified atom stereocenters. The molecule has 0 fully saturated rings. The average molecular weight is 452 g/mol. The van der Waals surface area contributed by atoms with Gasteiger partial charge in [0.1, 0.15) is 0 Å². The van der Waals surface area contributed by atoms with E-state index in [1.54, 1.807) is 31.2 Å². The largest absolute Gasteiger partial charge is 0.462 e. The molecule has 1 aliphatic heterocycles. The van der Waals surface area contributed by atoms with Gasteiger partial charge in [0.05, 0.1) is 23.5 Å². The Morgan fingerprint density at radius 1 is 0.941 bits per heavy atom. The van der Waals surface area contributed by atoms with E-state index in [1.807, 2.05) is 24.3 Å². The highest BCUT2D eigenvalue weighted by atomic mass is 16.5. The van der Waals surface area contributed by atoms with Gasteiger partial charge in [-0.25, -0.2) is 4.79 Å². The first kappa shape index (κ1) is 23.2. The summed E-state index contributed by atoms with van der Waals surface area (Å²) in [5.41, 5.74) is 6.87. The Balaban J connectivity index is 1.41. The van der Waals surface area contributed by atoms with Gasteiger partial charge in [0.25, 0.3) is 0 Å². The van der Waals surface area contributed by atoms with Crippen LogP contribution in [0, 0.1) is 0 Å². The zero-order valence-electron chi connectivity index (χ0n) is 20.0. The first-order valence-electron chi connectivity index (χ1n) is 11.4. The SMILES string of the molecule is CCOC(=O)c1ccc(N=Nc2ccc(/C=C/C=C3\N(C)c4ccccc4C3(C)C)cc2)cc1. The van der Waals surface area contributed by atoms with E-state index in [-0.39, 0.29) is 11.4 Å². The summed E-state index contributed by atoms with van der Waals surface area (Å²) in [7, 11) is 2.12. The van der Waals surface area contributed by atoms with E-state index >= 15 is 0 Å². The van der Waals surface area contributed by atoms with E-state index in [2.05, 4.69) is 78.5 Å². The number of fused-ring (bicyclic) bond motifs is 1. The second-order valence-electron chi connectivity index (χ2n) is 8.67. The topological polar surface area (TPSA) is 54.3 Å². The fourth-order valence-electron chi connectivity index (χ4n) is 4.20. The van der Waals surface area contributed by atoms with Gasteiger partial charge in [0, 0.05) is 23.8 Å². The number of para-hydroxylation sites is 1. The Kier molecular flexibility index (Phi) is 6.73. The molecule has 172 valence electrons. The van der Waals surface area contributed by atoms with Crippen LogP contribution >= 0.6 is 0 Å². The quantitative estimate of drug-likeness (QED) is 0.286. The zero-order chi connectivity index (χ0) is 24.1. The minimum atomic E-state index is -0.335.